The molecule has 2 aliphatic carbocycles. The van der Waals surface area contributed by atoms with Gasteiger partial charge in [0.15, 0.2) is 0 Å². The maximum absolute atomic E-state index is 4.76. The summed E-state index contributed by atoms with van der Waals surface area (Å²) in [4.78, 5) is 9.52. The van der Waals surface area contributed by atoms with Gasteiger partial charge in [-0.3, -0.25) is 9.98 Å². The van der Waals surface area contributed by atoms with E-state index in [9.17, 15) is 0 Å². The molecule has 0 heterocycles. The van der Waals surface area contributed by atoms with Crippen LogP contribution in [-0.2, 0) is 0 Å². The summed E-state index contributed by atoms with van der Waals surface area (Å²) in [5.41, 5.74) is 2.83. The van der Waals surface area contributed by atoms with Crippen LogP contribution in [0, 0.1) is 0 Å². The van der Waals surface area contributed by atoms with Gasteiger partial charge in [-0.25, -0.2) is 0 Å². The highest BCUT2D eigenvalue weighted by Gasteiger charge is 2.10. The van der Waals surface area contributed by atoms with E-state index in [0.29, 0.717) is 0 Å². The van der Waals surface area contributed by atoms with Crippen LogP contribution in [0.25, 0.3) is 0 Å². The molecule has 0 saturated heterocycles. The van der Waals surface area contributed by atoms with Gasteiger partial charge in [0.1, 0.15) is 6.17 Å². The van der Waals surface area contributed by atoms with Crippen molar-refractivity contribution >= 4 is 11.4 Å². The number of aliphatic imine (C=N–C) groups is 2. The van der Waals surface area contributed by atoms with Crippen LogP contribution in [0.3, 0.4) is 0 Å². The second-order valence-corrected chi connectivity index (χ2v) is 5.14. The average molecular weight is 220 g/mol. The highest BCUT2D eigenvalue weighted by molar-refractivity contribution is 5.86. The predicted molar refractivity (Wildman–Crippen MR) is 70.5 cm³/mol. The Morgan fingerprint density at radius 2 is 1.06 bits per heavy atom. The molecule has 0 unspecified atom stereocenters. The van der Waals surface area contributed by atoms with Crippen molar-refractivity contribution in [2.75, 3.05) is 0 Å². The summed E-state index contributed by atoms with van der Waals surface area (Å²) in [6, 6.07) is 0. The topological polar surface area (TPSA) is 24.7 Å². The fourth-order valence-electron chi connectivity index (χ4n) is 2.74. The molecule has 0 aromatic carbocycles. The highest BCUT2D eigenvalue weighted by Crippen LogP contribution is 2.18. The quantitative estimate of drug-likeness (QED) is 0.668. The largest absolute Gasteiger partial charge is 0.268 e. The van der Waals surface area contributed by atoms with Crippen LogP contribution in [0.1, 0.15) is 71.1 Å². The van der Waals surface area contributed by atoms with E-state index in [0.717, 1.165) is 0 Å². The van der Waals surface area contributed by atoms with E-state index in [-0.39, 0.29) is 6.17 Å². The van der Waals surface area contributed by atoms with Crippen LogP contribution < -0.4 is 0 Å². The van der Waals surface area contributed by atoms with Gasteiger partial charge in [-0.05, 0) is 58.3 Å². The van der Waals surface area contributed by atoms with Crippen molar-refractivity contribution in [3.05, 3.63) is 0 Å². The van der Waals surface area contributed by atoms with E-state index >= 15 is 0 Å². The van der Waals surface area contributed by atoms with Gasteiger partial charge >= 0.3 is 0 Å². The Labute approximate surface area is 99.3 Å². The summed E-state index contributed by atoms with van der Waals surface area (Å²) in [6.45, 7) is 2.14. The normalized spacial score (nSPS) is 22.4. The third kappa shape index (κ3) is 3.73. The van der Waals surface area contributed by atoms with Gasteiger partial charge in [-0.15, -0.1) is 0 Å². The van der Waals surface area contributed by atoms with Gasteiger partial charge in [0.2, 0.25) is 0 Å². The lowest BCUT2D eigenvalue weighted by Gasteiger charge is -2.16. The zero-order valence-electron chi connectivity index (χ0n) is 10.5. The SMILES string of the molecule is CC(N=C1CCCCC1)N=C1CCCCC1. The highest BCUT2D eigenvalue weighted by atomic mass is 15.0. The monoisotopic (exact) mass is 220 g/mol. The molecule has 90 valence electrons. The van der Waals surface area contributed by atoms with E-state index in [1.165, 1.54) is 75.6 Å². The summed E-state index contributed by atoms with van der Waals surface area (Å²) in [5, 5.41) is 0. The van der Waals surface area contributed by atoms with E-state index in [1.807, 2.05) is 0 Å². The Morgan fingerprint density at radius 1 is 0.688 bits per heavy atom. The molecule has 0 aromatic rings. The molecule has 0 amide bonds. The molecule has 2 nitrogen and oxygen atoms in total. The molecular formula is C14H24N2. The number of nitrogens with zero attached hydrogens (tertiary/aromatic N) is 2. The van der Waals surface area contributed by atoms with Crippen LogP contribution in [0.2, 0.25) is 0 Å². The van der Waals surface area contributed by atoms with Crippen molar-refractivity contribution in [3.63, 3.8) is 0 Å². The summed E-state index contributed by atoms with van der Waals surface area (Å²) in [6.07, 6.45) is 13.2. The molecule has 0 radical (unpaired) electrons. The maximum Gasteiger partial charge on any atom is 0.136 e. The van der Waals surface area contributed by atoms with Crippen LogP contribution in [0.15, 0.2) is 9.98 Å². The minimum atomic E-state index is 0.182. The first-order valence-electron chi connectivity index (χ1n) is 6.96. The minimum absolute atomic E-state index is 0.182. The third-order valence-electron chi connectivity index (χ3n) is 3.60. The molecule has 16 heavy (non-hydrogen) atoms. The first kappa shape index (κ1) is 11.8. The molecule has 2 saturated carbocycles. The number of hydrogen-bond acceptors (Lipinski definition) is 2. The summed E-state index contributed by atoms with van der Waals surface area (Å²) in [5.74, 6) is 0. The van der Waals surface area contributed by atoms with Crippen LogP contribution in [0.5, 0.6) is 0 Å². The van der Waals surface area contributed by atoms with Crippen molar-refractivity contribution in [3.8, 4) is 0 Å². The molecule has 2 heteroatoms. The number of rotatable bonds is 2. The molecule has 2 rings (SSSR count). The zero-order valence-corrected chi connectivity index (χ0v) is 10.5. The zero-order chi connectivity index (χ0) is 11.2. The minimum Gasteiger partial charge on any atom is -0.268 e. The Morgan fingerprint density at radius 3 is 1.44 bits per heavy atom. The second kappa shape index (κ2) is 6.17. The fourth-order valence-corrected chi connectivity index (χ4v) is 2.74. The number of hydrogen-bond donors (Lipinski definition) is 0. The summed E-state index contributed by atoms with van der Waals surface area (Å²) < 4.78 is 0. The Kier molecular flexibility index (Phi) is 4.55. The van der Waals surface area contributed by atoms with Crippen molar-refractivity contribution in [2.24, 2.45) is 9.98 Å². The molecule has 0 N–H and O–H groups in total. The van der Waals surface area contributed by atoms with Gasteiger partial charge < -0.3 is 0 Å². The molecule has 0 aromatic heterocycles. The second-order valence-electron chi connectivity index (χ2n) is 5.14. The predicted octanol–water partition coefficient (Wildman–Crippen LogP) is 4.14. The molecular weight excluding hydrogens is 196 g/mol. The summed E-state index contributed by atoms with van der Waals surface area (Å²) in [7, 11) is 0. The molecule has 0 spiro atoms. The van der Waals surface area contributed by atoms with Gasteiger partial charge in [-0.1, -0.05) is 12.8 Å². The van der Waals surface area contributed by atoms with Gasteiger partial charge in [0.25, 0.3) is 0 Å². The van der Waals surface area contributed by atoms with Gasteiger partial charge in [0, 0.05) is 11.4 Å². The van der Waals surface area contributed by atoms with E-state index in [1.54, 1.807) is 0 Å². The van der Waals surface area contributed by atoms with E-state index in [4.69, 9.17) is 9.98 Å². The van der Waals surface area contributed by atoms with Crippen molar-refractivity contribution < 1.29 is 0 Å². The molecule has 2 fully saturated rings. The maximum atomic E-state index is 4.76. The Balaban J connectivity index is 1.88. The fraction of sp³-hybridized carbons (Fsp3) is 0.857. The van der Waals surface area contributed by atoms with E-state index < -0.39 is 0 Å². The standard InChI is InChI=1S/C14H24N2/c1-12(15-13-8-4-2-5-9-13)16-14-10-6-3-7-11-14/h12H,2-11H2,1H3. The molecule has 0 aliphatic heterocycles. The van der Waals surface area contributed by atoms with Crippen LogP contribution in [-0.4, -0.2) is 17.6 Å². The average Bonchev–Trinajstić information content (AvgIpc) is 2.31. The third-order valence-corrected chi connectivity index (χ3v) is 3.60. The van der Waals surface area contributed by atoms with Crippen molar-refractivity contribution in [1.29, 1.82) is 0 Å². The first-order chi connectivity index (χ1) is 7.84. The summed E-state index contributed by atoms with van der Waals surface area (Å²) >= 11 is 0. The van der Waals surface area contributed by atoms with Gasteiger partial charge in [-0.2, -0.15) is 0 Å². The lowest BCUT2D eigenvalue weighted by Crippen LogP contribution is -2.11. The molecule has 0 atom stereocenters. The molecule has 0 bridgehead atoms. The first-order valence-corrected chi connectivity index (χ1v) is 6.96. The molecule has 2 aliphatic rings. The Bertz CT molecular complexity index is 234. The van der Waals surface area contributed by atoms with E-state index in [2.05, 4.69) is 6.92 Å². The van der Waals surface area contributed by atoms with Crippen molar-refractivity contribution in [1.82, 2.24) is 0 Å². The Hall–Kier alpha value is -0.660. The smallest absolute Gasteiger partial charge is 0.136 e. The van der Waals surface area contributed by atoms with Crippen LogP contribution in [0.4, 0.5) is 0 Å². The lowest BCUT2D eigenvalue weighted by atomic mass is 9.98. The lowest BCUT2D eigenvalue weighted by molar-refractivity contribution is 0.642. The van der Waals surface area contributed by atoms with Crippen molar-refractivity contribution in [2.45, 2.75) is 77.3 Å². The van der Waals surface area contributed by atoms with Crippen LogP contribution >= 0.6 is 0 Å². The van der Waals surface area contributed by atoms with Gasteiger partial charge in [0.05, 0.1) is 0 Å².